The number of likely N-dealkylation sites (N-methyl/N-ethyl adjacent to an activating group) is 1. The number of morpholine rings is 1. The monoisotopic (exact) mass is 241 g/mol. The number of nitrogens with zero attached hydrogens (tertiary/aromatic N) is 2. The van der Waals surface area contributed by atoms with Crippen molar-refractivity contribution in [2.24, 2.45) is 5.92 Å². The van der Waals surface area contributed by atoms with Crippen LogP contribution in [0.3, 0.4) is 0 Å². The van der Waals surface area contributed by atoms with E-state index in [0.717, 1.165) is 26.2 Å². The maximum absolute atomic E-state index is 12.1. The highest BCUT2D eigenvalue weighted by Crippen LogP contribution is 2.15. The van der Waals surface area contributed by atoms with Crippen molar-refractivity contribution in [3.8, 4) is 0 Å². The van der Waals surface area contributed by atoms with E-state index in [1.165, 1.54) is 6.42 Å². The summed E-state index contributed by atoms with van der Waals surface area (Å²) in [6.07, 6.45) is 1.20. The van der Waals surface area contributed by atoms with E-state index in [1.54, 1.807) is 0 Å². The zero-order valence-electron chi connectivity index (χ0n) is 10.8. The molecule has 5 nitrogen and oxygen atoms in total. The Labute approximate surface area is 103 Å². The van der Waals surface area contributed by atoms with Crippen molar-refractivity contribution in [1.29, 1.82) is 0 Å². The number of carbonyl (C=O) groups is 1. The number of carbonyl (C=O) groups excluding carboxylic acids is 1. The first kappa shape index (κ1) is 12.8. The molecule has 0 bridgehead atoms. The summed E-state index contributed by atoms with van der Waals surface area (Å²) in [6, 6.07) is -0.145. The Morgan fingerprint density at radius 3 is 3.00 bits per heavy atom. The molecule has 5 heteroatoms. The summed E-state index contributed by atoms with van der Waals surface area (Å²) < 4.78 is 5.32. The SMILES string of the molecule is CN1CCC(CN(C)C(=O)C2COCCN2)C1. The number of nitrogens with one attached hydrogen (secondary N) is 1. The number of hydrogen-bond donors (Lipinski definition) is 1. The van der Waals surface area contributed by atoms with E-state index in [-0.39, 0.29) is 11.9 Å². The molecule has 0 aromatic rings. The molecule has 1 amide bonds. The van der Waals surface area contributed by atoms with E-state index in [2.05, 4.69) is 17.3 Å². The summed E-state index contributed by atoms with van der Waals surface area (Å²) in [5, 5.41) is 3.21. The maximum atomic E-state index is 12.1. The van der Waals surface area contributed by atoms with E-state index < -0.39 is 0 Å². The van der Waals surface area contributed by atoms with Crippen molar-refractivity contribution in [3.05, 3.63) is 0 Å². The van der Waals surface area contributed by atoms with Crippen LogP contribution in [0.4, 0.5) is 0 Å². The summed E-state index contributed by atoms with van der Waals surface area (Å²) in [7, 11) is 4.04. The van der Waals surface area contributed by atoms with E-state index in [4.69, 9.17) is 4.74 Å². The Morgan fingerprint density at radius 2 is 2.41 bits per heavy atom. The summed E-state index contributed by atoms with van der Waals surface area (Å²) in [6.45, 7) is 5.11. The smallest absolute Gasteiger partial charge is 0.241 e. The van der Waals surface area contributed by atoms with Crippen molar-refractivity contribution in [2.75, 3.05) is 53.5 Å². The molecule has 2 fully saturated rings. The predicted molar refractivity (Wildman–Crippen MR) is 65.9 cm³/mol. The van der Waals surface area contributed by atoms with Crippen molar-refractivity contribution >= 4 is 5.91 Å². The second kappa shape index (κ2) is 5.80. The number of ether oxygens (including phenoxy) is 1. The van der Waals surface area contributed by atoms with E-state index >= 15 is 0 Å². The number of rotatable bonds is 3. The fourth-order valence-electron chi connectivity index (χ4n) is 2.64. The van der Waals surface area contributed by atoms with E-state index in [0.29, 0.717) is 19.1 Å². The minimum Gasteiger partial charge on any atom is -0.378 e. The van der Waals surface area contributed by atoms with Gasteiger partial charge in [-0.25, -0.2) is 0 Å². The lowest BCUT2D eigenvalue weighted by molar-refractivity contribution is -0.135. The van der Waals surface area contributed by atoms with Gasteiger partial charge in [-0.05, 0) is 25.9 Å². The van der Waals surface area contributed by atoms with Gasteiger partial charge in [-0.1, -0.05) is 0 Å². The molecule has 2 unspecified atom stereocenters. The highest BCUT2D eigenvalue weighted by Gasteiger charge is 2.27. The average Bonchev–Trinajstić information content (AvgIpc) is 2.75. The molecule has 0 aliphatic carbocycles. The first-order valence-electron chi connectivity index (χ1n) is 6.41. The second-order valence-corrected chi connectivity index (χ2v) is 5.22. The maximum Gasteiger partial charge on any atom is 0.241 e. The van der Waals surface area contributed by atoms with Gasteiger partial charge in [0.15, 0.2) is 0 Å². The van der Waals surface area contributed by atoms with Gasteiger partial charge >= 0.3 is 0 Å². The topological polar surface area (TPSA) is 44.8 Å². The lowest BCUT2D eigenvalue weighted by Gasteiger charge is -2.29. The third kappa shape index (κ3) is 3.40. The van der Waals surface area contributed by atoms with Gasteiger partial charge in [-0.3, -0.25) is 4.79 Å². The minimum absolute atomic E-state index is 0.145. The number of likely N-dealkylation sites (tertiary alicyclic amines) is 1. The second-order valence-electron chi connectivity index (χ2n) is 5.22. The molecule has 2 saturated heterocycles. The molecule has 0 aromatic heterocycles. The zero-order chi connectivity index (χ0) is 12.3. The van der Waals surface area contributed by atoms with Crippen LogP contribution in [0.2, 0.25) is 0 Å². The third-order valence-corrected chi connectivity index (χ3v) is 3.62. The van der Waals surface area contributed by atoms with Crippen LogP contribution in [-0.2, 0) is 9.53 Å². The van der Waals surface area contributed by atoms with Crippen LogP contribution in [0.15, 0.2) is 0 Å². The standard InChI is InChI=1S/C12H23N3O2/c1-14-5-3-10(7-14)8-15(2)12(16)11-9-17-6-4-13-11/h10-11,13H,3-9H2,1-2H3. The Morgan fingerprint density at radius 1 is 1.59 bits per heavy atom. The molecule has 2 heterocycles. The Kier molecular flexibility index (Phi) is 4.36. The summed E-state index contributed by atoms with van der Waals surface area (Å²) >= 11 is 0. The van der Waals surface area contributed by atoms with Crippen molar-refractivity contribution < 1.29 is 9.53 Å². The van der Waals surface area contributed by atoms with Crippen LogP contribution in [0.25, 0.3) is 0 Å². The largest absolute Gasteiger partial charge is 0.378 e. The van der Waals surface area contributed by atoms with Crippen LogP contribution in [0, 0.1) is 5.92 Å². The Bertz CT molecular complexity index is 266. The summed E-state index contributed by atoms with van der Waals surface area (Å²) in [4.78, 5) is 16.3. The quantitative estimate of drug-likeness (QED) is 0.715. The van der Waals surface area contributed by atoms with Gasteiger partial charge in [0, 0.05) is 26.7 Å². The molecule has 0 aromatic carbocycles. The van der Waals surface area contributed by atoms with Crippen LogP contribution >= 0.6 is 0 Å². The molecule has 2 rings (SSSR count). The van der Waals surface area contributed by atoms with Gasteiger partial charge in [-0.15, -0.1) is 0 Å². The molecule has 1 N–H and O–H groups in total. The minimum atomic E-state index is -0.145. The molecular formula is C12H23N3O2. The normalized spacial score (nSPS) is 30.5. The molecule has 17 heavy (non-hydrogen) atoms. The van der Waals surface area contributed by atoms with Crippen molar-refractivity contribution in [2.45, 2.75) is 12.5 Å². The van der Waals surface area contributed by atoms with Crippen LogP contribution in [0.1, 0.15) is 6.42 Å². The molecule has 0 spiro atoms. The van der Waals surface area contributed by atoms with Gasteiger partial charge in [0.25, 0.3) is 0 Å². The first-order chi connectivity index (χ1) is 8.16. The highest BCUT2D eigenvalue weighted by molar-refractivity contribution is 5.81. The molecule has 2 aliphatic heterocycles. The molecule has 0 saturated carbocycles. The van der Waals surface area contributed by atoms with Crippen molar-refractivity contribution in [3.63, 3.8) is 0 Å². The Hall–Kier alpha value is -0.650. The van der Waals surface area contributed by atoms with Gasteiger partial charge in [0.1, 0.15) is 6.04 Å². The van der Waals surface area contributed by atoms with Crippen LogP contribution in [0.5, 0.6) is 0 Å². The van der Waals surface area contributed by atoms with Crippen molar-refractivity contribution in [1.82, 2.24) is 15.1 Å². The zero-order valence-corrected chi connectivity index (χ0v) is 10.8. The Balaban J connectivity index is 1.78. The first-order valence-corrected chi connectivity index (χ1v) is 6.41. The molecule has 2 aliphatic rings. The lowest BCUT2D eigenvalue weighted by Crippen LogP contribution is -2.52. The summed E-state index contributed by atoms with van der Waals surface area (Å²) in [5.74, 6) is 0.790. The van der Waals surface area contributed by atoms with E-state index in [9.17, 15) is 4.79 Å². The fraction of sp³-hybridized carbons (Fsp3) is 0.917. The third-order valence-electron chi connectivity index (χ3n) is 3.62. The number of amides is 1. The van der Waals surface area contributed by atoms with Gasteiger partial charge in [-0.2, -0.15) is 0 Å². The predicted octanol–water partition coefficient (Wildman–Crippen LogP) is -0.615. The number of hydrogen-bond acceptors (Lipinski definition) is 4. The molecule has 0 radical (unpaired) electrons. The summed E-state index contributed by atoms with van der Waals surface area (Å²) in [5.41, 5.74) is 0. The molecule has 98 valence electrons. The average molecular weight is 241 g/mol. The highest BCUT2D eigenvalue weighted by atomic mass is 16.5. The fourth-order valence-corrected chi connectivity index (χ4v) is 2.64. The van der Waals surface area contributed by atoms with Gasteiger partial charge in [0.05, 0.1) is 13.2 Å². The molecular weight excluding hydrogens is 218 g/mol. The van der Waals surface area contributed by atoms with Gasteiger partial charge in [0.2, 0.25) is 5.91 Å². The van der Waals surface area contributed by atoms with Gasteiger partial charge < -0.3 is 19.9 Å². The lowest BCUT2D eigenvalue weighted by atomic mass is 10.1. The van der Waals surface area contributed by atoms with E-state index in [1.807, 2.05) is 11.9 Å². The van der Waals surface area contributed by atoms with Crippen LogP contribution in [-0.4, -0.2) is 75.2 Å². The van der Waals surface area contributed by atoms with Crippen LogP contribution < -0.4 is 5.32 Å². The molecule has 2 atom stereocenters.